The number of rotatable bonds is 5. The molecule has 1 fully saturated rings. The van der Waals surface area contributed by atoms with Crippen molar-refractivity contribution in [2.24, 2.45) is 0 Å². The lowest BCUT2D eigenvalue weighted by Gasteiger charge is -2.35. The van der Waals surface area contributed by atoms with Crippen molar-refractivity contribution in [3.63, 3.8) is 0 Å². The highest BCUT2D eigenvalue weighted by Crippen LogP contribution is 2.17. The fraction of sp³-hybridized carbons (Fsp3) is 0.333. The number of piperazine rings is 1. The molecular formula is C24H27N5O4. The molecule has 1 aliphatic heterocycles. The number of aromatic nitrogens is 2. The Kier molecular flexibility index (Phi) is 6.58. The van der Waals surface area contributed by atoms with Crippen molar-refractivity contribution in [3.8, 4) is 0 Å². The maximum absolute atomic E-state index is 13.5. The van der Waals surface area contributed by atoms with Gasteiger partial charge in [-0.1, -0.05) is 42.0 Å². The van der Waals surface area contributed by atoms with Crippen LogP contribution in [0.4, 0.5) is 10.6 Å². The van der Waals surface area contributed by atoms with Crippen LogP contribution in [0.15, 0.2) is 53.3 Å². The van der Waals surface area contributed by atoms with Gasteiger partial charge in [0.1, 0.15) is 6.54 Å². The number of benzene rings is 2. The third-order valence-corrected chi connectivity index (χ3v) is 5.77. The van der Waals surface area contributed by atoms with E-state index >= 15 is 0 Å². The molecule has 0 aliphatic carbocycles. The topological polar surface area (TPSA) is 96.8 Å². The second-order valence-corrected chi connectivity index (χ2v) is 8.01. The number of anilines is 1. The zero-order valence-electron chi connectivity index (χ0n) is 18.8. The van der Waals surface area contributed by atoms with Crippen molar-refractivity contribution in [1.82, 2.24) is 19.8 Å². The van der Waals surface area contributed by atoms with Gasteiger partial charge in [0.05, 0.1) is 24.7 Å². The predicted molar refractivity (Wildman–Crippen MR) is 125 cm³/mol. The number of fused-ring (bicyclic) bond motifs is 1. The number of methoxy groups -OCH3 is 1. The molecule has 33 heavy (non-hydrogen) atoms. The fourth-order valence-electron chi connectivity index (χ4n) is 3.87. The van der Waals surface area contributed by atoms with Crippen LogP contribution in [0.2, 0.25) is 0 Å². The molecule has 2 amide bonds. The summed E-state index contributed by atoms with van der Waals surface area (Å²) in [5.74, 6) is -0.119. The Morgan fingerprint density at radius 1 is 1.03 bits per heavy atom. The predicted octanol–water partition coefficient (Wildman–Crippen LogP) is 1.76. The molecule has 0 radical (unpaired) electrons. The van der Waals surface area contributed by atoms with Crippen LogP contribution < -0.4 is 15.8 Å². The molecule has 1 aromatic heterocycles. The molecule has 0 bridgehead atoms. The van der Waals surface area contributed by atoms with E-state index in [0.717, 1.165) is 16.6 Å². The van der Waals surface area contributed by atoms with Crippen molar-refractivity contribution in [2.45, 2.75) is 13.5 Å². The molecule has 4 rings (SSSR count). The van der Waals surface area contributed by atoms with E-state index in [0.29, 0.717) is 38.5 Å². The molecule has 9 nitrogen and oxygen atoms in total. The average Bonchev–Trinajstić information content (AvgIpc) is 2.85. The summed E-state index contributed by atoms with van der Waals surface area (Å²) < 4.78 is 6.31. The quantitative estimate of drug-likeness (QED) is 0.597. The average molecular weight is 450 g/mol. The number of hydrogen-bond donors (Lipinski definition) is 1. The lowest BCUT2D eigenvalue weighted by molar-refractivity contribution is -0.139. The van der Waals surface area contributed by atoms with Gasteiger partial charge in [-0.3, -0.25) is 14.2 Å². The first-order chi connectivity index (χ1) is 16.0. The number of carbonyl (C=O) groups excluding carboxylic acids is 2. The number of amides is 2. The van der Waals surface area contributed by atoms with Gasteiger partial charge in [0.2, 0.25) is 0 Å². The highest BCUT2D eigenvalue weighted by Gasteiger charge is 2.25. The van der Waals surface area contributed by atoms with Gasteiger partial charge in [-0.2, -0.15) is 0 Å². The van der Waals surface area contributed by atoms with E-state index in [4.69, 9.17) is 0 Å². The molecule has 3 aromatic rings. The van der Waals surface area contributed by atoms with Crippen LogP contribution in [0.5, 0.6) is 0 Å². The Morgan fingerprint density at radius 2 is 1.73 bits per heavy atom. The monoisotopic (exact) mass is 449 g/mol. The number of esters is 1. The number of nitrogens with zero attached hydrogens (tertiary/aromatic N) is 4. The molecule has 2 aromatic carbocycles. The number of nitrogens with one attached hydrogen (secondary N) is 1. The standard InChI is InChI=1S/C24H27N5O4/c1-17-7-9-18(10-8-17)16-29-20-6-4-3-5-19(20)26-22(23(29)31)27-11-13-28(14-12-27)24(32)25-15-21(30)33-2/h3-10H,11-16H2,1-2H3,(H,25,32). The Labute approximate surface area is 191 Å². The summed E-state index contributed by atoms with van der Waals surface area (Å²) in [6, 6.07) is 15.4. The second-order valence-electron chi connectivity index (χ2n) is 8.01. The molecule has 0 unspecified atom stereocenters. The summed E-state index contributed by atoms with van der Waals surface area (Å²) in [6.07, 6.45) is 0. The van der Waals surface area contributed by atoms with Gasteiger partial charge in [0.25, 0.3) is 5.56 Å². The third-order valence-electron chi connectivity index (χ3n) is 5.77. The smallest absolute Gasteiger partial charge is 0.325 e. The highest BCUT2D eigenvalue weighted by atomic mass is 16.5. The number of aryl methyl sites for hydroxylation is 1. The van der Waals surface area contributed by atoms with Crippen LogP contribution in [-0.4, -0.2) is 66.3 Å². The zero-order valence-corrected chi connectivity index (χ0v) is 18.8. The number of para-hydroxylation sites is 2. The summed E-state index contributed by atoms with van der Waals surface area (Å²) in [4.78, 5) is 45.2. The van der Waals surface area contributed by atoms with Crippen molar-refractivity contribution in [3.05, 3.63) is 70.0 Å². The SMILES string of the molecule is COC(=O)CNC(=O)N1CCN(c2nc3ccccc3n(Cc3ccc(C)cc3)c2=O)CC1. The molecule has 1 N–H and O–H groups in total. The Hall–Kier alpha value is -3.88. The van der Waals surface area contributed by atoms with E-state index in [1.54, 1.807) is 9.47 Å². The van der Waals surface area contributed by atoms with Crippen molar-refractivity contribution in [1.29, 1.82) is 0 Å². The summed E-state index contributed by atoms with van der Waals surface area (Å²) >= 11 is 0. The maximum atomic E-state index is 13.5. The van der Waals surface area contributed by atoms with E-state index < -0.39 is 5.97 Å². The number of ether oxygens (including phenoxy) is 1. The highest BCUT2D eigenvalue weighted by molar-refractivity contribution is 5.81. The minimum Gasteiger partial charge on any atom is -0.468 e. The Bertz CT molecular complexity index is 1210. The Morgan fingerprint density at radius 3 is 2.42 bits per heavy atom. The van der Waals surface area contributed by atoms with Crippen molar-refractivity contribution in [2.75, 3.05) is 44.7 Å². The molecule has 0 spiro atoms. The van der Waals surface area contributed by atoms with E-state index in [1.165, 1.54) is 12.7 Å². The molecule has 2 heterocycles. The normalized spacial score (nSPS) is 13.8. The van der Waals surface area contributed by atoms with Crippen LogP contribution in [-0.2, 0) is 16.1 Å². The molecule has 9 heteroatoms. The molecule has 1 saturated heterocycles. The first kappa shape index (κ1) is 22.3. The molecular weight excluding hydrogens is 422 g/mol. The van der Waals surface area contributed by atoms with Crippen LogP contribution in [0.25, 0.3) is 11.0 Å². The number of carbonyl (C=O) groups is 2. The first-order valence-electron chi connectivity index (χ1n) is 10.9. The minimum atomic E-state index is -0.503. The molecule has 0 saturated carbocycles. The van der Waals surface area contributed by atoms with Crippen LogP contribution in [0, 0.1) is 6.92 Å². The van der Waals surface area contributed by atoms with Crippen LogP contribution >= 0.6 is 0 Å². The van der Waals surface area contributed by atoms with Gasteiger partial charge in [-0.05, 0) is 24.6 Å². The largest absolute Gasteiger partial charge is 0.468 e. The van der Waals surface area contributed by atoms with Gasteiger partial charge in [-0.15, -0.1) is 0 Å². The maximum Gasteiger partial charge on any atom is 0.325 e. The van der Waals surface area contributed by atoms with Crippen LogP contribution in [0.3, 0.4) is 0 Å². The lowest BCUT2D eigenvalue weighted by atomic mass is 10.1. The summed E-state index contributed by atoms with van der Waals surface area (Å²) in [7, 11) is 1.27. The van der Waals surface area contributed by atoms with Crippen molar-refractivity contribution >= 4 is 28.9 Å². The third kappa shape index (κ3) is 4.97. The van der Waals surface area contributed by atoms with Gasteiger partial charge >= 0.3 is 12.0 Å². The van der Waals surface area contributed by atoms with E-state index in [-0.39, 0.29) is 18.1 Å². The summed E-state index contributed by atoms with van der Waals surface area (Å²) in [5, 5.41) is 2.55. The van der Waals surface area contributed by atoms with Gasteiger partial charge in [-0.25, -0.2) is 9.78 Å². The van der Waals surface area contributed by atoms with E-state index in [1.807, 2.05) is 60.4 Å². The van der Waals surface area contributed by atoms with E-state index in [9.17, 15) is 14.4 Å². The van der Waals surface area contributed by atoms with Gasteiger partial charge < -0.3 is 19.9 Å². The number of hydrogen-bond acceptors (Lipinski definition) is 6. The zero-order chi connectivity index (χ0) is 23.4. The first-order valence-corrected chi connectivity index (χ1v) is 10.9. The van der Waals surface area contributed by atoms with Gasteiger partial charge in [0.15, 0.2) is 5.82 Å². The summed E-state index contributed by atoms with van der Waals surface area (Å²) in [6.45, 7) is 4.08. The number of urea groups is 1. The van der Waals surface area contributed by atoms with Gasteiger partial charge in [0, 0.05) is 26.2 Å². The van der Waals surface area contributed by atoms with Crippen molar-refractivity contribution < 1.29 is 14.3 Å². The molecule has 0 atom stereocenters. The lowest BCUT2D eigenvalue weighted by Crippen LogP contribution is -2.53. The van der Waals surface area contributed by atoms with Crippen LogP contribution in [0.1, 0.15) is 11.1 Å². The summed E-state index contributed by atoms with van der Waals surface area (Å²) in [5.41, 5.74) is 3.58. The second kappa shape index (κ2) is 9.72. The Balaban J connectivity index is 1.56. The molecule has 172 valence electrons. The fourth-order valence-corrected chi connectivity index (χ4v) is 3.87. The minimum absolute atomic E-state index is 0.155. The molecule has 1 aliphatic rings. The van der Waals surface area contributed by atoms with E-state index in [2.05, 4.69) is 15.0 Å².